The first-order valence-electron chi connectivity index (χ1n) is 37.5. The third-order valence-electron chi connectivity index (χ3n) is 17.8. The van der Waals surface area contributed by atoms with E-state index in [0.717, 1.165) is 38.5 Å². The van der Waals surface area contributed by atoms with Gasteiger partial charge in [-0.15, -0.1) is 0 Å². The quantitative estimate of drug-likeness (QED) is 0.0320. The Bertz CT molecular complexity index is 1220. The van der Waals surface area contributed by atoms with Crippen LogP contribution >= 0.6 is 0 Å². The minimum absolute atomic E-state index is 0.0186. The van der Waals surface area contributed by atoms with Gasteiger partial charge in [-0.2, -0.15) is 0 Å². The molecule has 0 spiro atoms. The third kappa shape index (κ3) is 67.6. The first-order chi connectivity index (χ1) is 40.0. The summed E-state index contributed by atoms with van der Waals surface area (Å²) in [6, 6.07) is -0.629. The molecule has 0 heterocycles. The molecule has 0 aliphatic carbocycles. The van der Waals surface area contributed by atoms with E-state index in [1.54, 1.807) is 6.08 Å². The smallest absolute Gasteiger partial charge is 0.305 e. The van der Waals surface area contributed by atoms with Crippen molar-refractivity contribution >= 4 is 11.9 Å². The van der Waals surface area contributed by atoms with Gasteiger partial charge in [0.2, 0.25) is 5.91 Å². The van der Waals surface area contributed by atoms with Crippen LogP contribution in [0.5, 0.6) is 0 Å². The number of aliphatic hydroxyl groups is 2. The summed E-state index contributed by atoms with van der Waals surface area (Å²) in [6.07, 6.45) is 88.7. The molecule has 0 aliphatic rings. The number of amides is 1. The molecule has 0 rings (SSSR count). The molecule has 0 aromatic heterocycles. The van der Waals surface area contributed by atoms with Crippen molar-refractivity contribution in [3.8, 4) is 0 Å². The van der Waals surface area contributed by atoms with E-state index < -0.39 is 12.1 Å². The second-order valence-corrected chi connectivity index (χ2v) is 26.0. The van der Waals surface area contributed by atoms with Crippen LogP contribution in [-0.2, 0) is 14.3 Å². The molecule has 0 aromatic carbocycles. The van der Waals surface area contributed by atoms with Crippen LogP contribution in [0.2, 0.25) is 0 Å². The summed E-state index contributed by atoms with van der Waals surface area (Å²) in [4.78, 5) is 24.7. The SMILES string of the molecule is CCCCCCCCCCCCCCCCCCCCCCCC/C=C/C(O)C(CO)NC(=O)CCCCCCCCCCCCCCCCCCCCCCCCOC(=O)CCCCCCCCCCCCCCCCCCCC. The lowest BCUT2D eigenvalue weighted by Gasteiger charge is -2.20. The molecule has 0 bridgehead atoms. The van der Waals surface area contributed by atoms with Crippen LogP contribution in [-0.4, -0.2) is 47.4 Å². The number of allylic oxidation sites excluding steroid dienone is 1. The van der Waals surface area contributed by atoms with Gasteiger partial charge in [-0.25, -0.2) is 0 Å². The Balaban J connectivity index is 3.38. The fraction of sp³-hybridized carbons (Fsp3) is 0.947. The minimum Gasteiger partial charge on any atom is -0.466 e. The highest BCUT2D eigenvalue weighted by Crippen LogP contribution is 2.20. The molecular formula is C75H147NO5. The van der Waals surface area contributed by atoms with Crippen molar-refractivity contribution in [2.45, 2.75) is 443 Å². The van der Waals surface area contributed by atoms with E-state index in [9.17, 15) is 19.8 Å². The Morgan fingerprint density at radius 3 is 0.840 bits per heavy atom. The zero-order valence-electron chi connectivity index (χ0n) is 55.3. The van der Waals surface area contributed by atoms with Gasteiger partial charge in [-0.1, -0.05) is 398 Å². The van der Waals surface area contributed by atoms with Gasteiger partial charge in [0.05, 0.1) is 25.4 Å². The number of aliphatic hydroxyl groups excluding tert-OH is 2. The minimum atomic E-state index is -0.846. The summed E-state index contributed by atoms with van der Waals surface area (Å²) in [5.74, 6) is -0.0441. The Kier molecular flexibility index (Phi) is 69.9. The van der Waals surface area contributed by atoms with E-state index in [2.05, 4.69) is 19.2 Å². The average molecular weight is 1140 g/mol. The Labute approximate surface area is 508 Å². The van der Waals surface area contributed by atoms with Crippen LogP contribution in [0.25, 0.3) is 0 Å². The highest BCUT2D eigenvalue weighted by molar-refractivity contribution is 5.76. The second-order valence-electron chi connectivity index (χ2n) is 26.0. The van der Waals surface area contributed by atoms with Crippen LogP contribution in [0.15, 0.2) is 12.2 Å². The normalized spacial score (nSPS) is 12.5. The molecule has 1 amide bonds. The number of unbranched alkanes of at least 4 members (excludes halogenated alkanes) is 60. The first kappa shape index (κ1) is 79.6. The molecule has 482 valence electrons. The van der Waals surface area contributed by atoms with Gasteiger partial charge in [-0.05, 0) is 32.1 Å². The maximum Gasteiger partial charge on any atom is 0.305 e. The maximum absolute atomic E-state index is 12.5. The highest BCUT2D eigenvalue weighted by atomic mass is 16.5. The molecule has 3 N–H and O–H groups in total. The van der Waals surface area contributed by atoms with E-state index in [1.807, 2.05) is 6.08 Å². The van der Waals surface area contributed by atoms with Crippen molar-refractivity contribution in [3.63, 3.8) is 0 Å². The largest absolute Gasteiger partial charge is 0.466 e. The van der Waals surface area contributed by atoms with E-state index in [4.69, 9.17) is 4.74 Å². The number of hydrogen-bond acceptors (Lipinski definition) is 5. The molecule has 0 fully saturated rings. The summed E-state index contributed by atoms with van der Waals surface area (Å²) in [5.41, 5.74) is 0. The second kappa shape index (κ2) is 71.1. The lowest BCUT2D eigenvalue weighted by Crippen LogP contribution is -2.45. The highest BCUT2D eigenvalue weighted by Gasteiger charge is 2.18. The van der Waals surface area contributed by atoms with E-state index >= 15 is 0 Å². The molecule has 0 radical (unpaired) electrons. The predicted octanol–water partition coefficient (Wildman–Crippen LogP) is 24.3. The number of carbonyl (C=O) groups is 2. The molecule has 81 heavy (non-hydrogen) atoms. The molecule has 6 heteroatoms. The summed E-state index contributed by atoms with van der Waals surface area (Å²) in [6.45, 7) is 4.96. The molecule has 0 aliphatic heterocycles. The molecule has 2 atom stereocenters. The van der Waals surface area contributed by atoms with Crippen LogP contribution in [0, 0.1) is 0 Å². The number of ether oxygens (including phenoxy) is 1. The van der Waals surface area contributed by atoms with Crippen LogP contribution in [0.3, 0.4) is 0 Å². The van der Waals surface area contributed by atoms with Crippen molar-refractivity contribution in [1.29, 1.82) is 0 Å². The van der Waals surface area contributed by atoms with Crippen LogP contribution in [0.1, 0.15) is 431 Å². The van der Waals surface area contributed by atoms with Crippen molar-refractivity contribution in [2.75, 3.05) is 13.2 Å². The lowest BCUT2D eigenvalue weighted by atomic mass is 10.0. The van der Waals surface area contributed by atoms with Crippen LogP contribution in [0.4, 0.5) is 0 Å². The molecular weight excluding hydrogens is 995 g/mol. The molecule has 0 aromatic rings. The molecule has 0 saturated heterocycles. The van der Waals surface area contributed by atoms with Crippen molar-refractivity contribution in [1.82, 2.24) is 5.32 Å². The van der Waals surface area contributed by atoms with Crippen LogP contribution < -0.4 is 5.32 Å². The summed E-state index contributed by atoms with van der Waals surface area (Å²) < 4.78 is 5.51. The zero-order valence-corrected chi connectivity index (χ0v) is 55.3. The van der Waals surface area contributed by atoms with Crippen molar-refractivity contribution in [2.24, 2.45) is 0 Å². The zero-order chi connectivity index (χ0) is 58.5. The van der Waals surface area contributed by atoms with E-state index in [0.29, 0.717) is 19.4 Å². The monoisotopic (exact) mass is 1140 g/mol. The van der Waals surface area contributed by atoms with Gasteiger partial charge in [0.25, 0.3) is 0 Å². The Hall–Kier alpha value is -1.40. The Morgan fingerprint density at radius 1 is 0.333 bits per heavy atom. The topological polar surface area (TPSA) is 95.9 Å². The number of carbonyl (C=O) groups excluding carboxylic acids is 2. The predicted molar refractivity (Wildman–Crippen MR) is 357 cm³/mol. The van der Waals surface area contributed by atoms with Gasteiger partial charge in [0.1, 0.15) is 0 Å². The standard InChI is InChI=1S/C75H147NO5/c1-3-5-7-9-11-13-15-17-19-21-23-24-25-26-29-32-35-39-43-47-51-55-59-63-67-73(78)72(71-77)76-74(79)68-64-60-56-52-48-44-40-36-33-30-27-28-31-34-38-42-46-50-54-58-62-66-70-81-75(80)69-65-61-57-53-49-45-41-37-22-20-18-16-14-12-10-8-6-4-2/h63,67,72-73,77-78H,3-62,64-66,68-71H2,1-2H3,(H,76,79)/b67-63+. The van der Waals surface area contributed by atoms with E-state index in [1.165, 1.54) is 366 Å². The number of esters is 1. The fourth-order valence-corrected chi connectivity index (χ4v) is 12.1. The van der Waals surface area contributed by atoms with Gasteiger partial charge < -0.3 is 20.3 Å². The summed E-state index contributed by atoms with van der Waals surface area (Å²) in [5, 5.41) is 23.3. The van der Waals surface area contributed by atoms with Crippen molar-refractivity contribution < 1.29 is 24.5 Å². The van der Waals surface area contributed by atoms with Gasteiger partial charge in [-0.3, -0.25) is 9.59 Å². The number of hydrogen-bond donors (Lipinski definition) is 3. The van der Waals surface area contributed by atoms with Gasteiger partial charge >= 0.3 is 5.97 Å². The molecule has 2 unspecified atom stereocenters. The average Bonchev–Trinajstić information content (AvgIpc) is 3.47. The maximum atomic E-state index is 12.5. The Morgan fingerprint density at radius 2 is 0.568 bits per heavy atom. The summed E-state index contributed by atoms with van der Waals surface area (Å²) >= 11 is 0. The van der Waals surface area contributed by atoms with Gasteiger partial charge in [0, 0.05) is 12.8 Å². The third-order valence-corrected chi connectivity index (χ3v) is 17.8. The number of nitrogens with one attached hydrogen (secondary N) is 1. The van der Waals surface area contributed by atoms with E-state index in [-0.39, 0.29) is 18.5 Å². The van der Waals surface area contributed by atoms with Gasteiger partial charge in [0.15, 0.2) is 0 Å². The summed E-state index contributed by atoms with van der Waals surface area (Å²) in [7, 11) is 0. The molecule has 0 saturated carbocycles. The first-order valence-corrected chi connectivity index (χ1v) is 37.5. The lowest BCUT2D eigenvalue weighted by molar-refractivity contribution is -0.143. The number of rotatable bonds is 71. The molecule has 6 nitrogen and oxygen atoms in total. The fourth-order valence-electron chi connectivity index (χ4n) is 12.1. The van der Waals surface area contributed by atoms with Crippen molar-refractivity contribution in [3.05, 3.63) is 12.2 Å².